The molecule has 0 aliphatic heterocycles. The summed E-state index contributed by atoms with van der Waals surface area (Å²) in [5.41, 5.74) is 0.938. The van der Waals surface area contributed by atoms with Crippen LogP contribution in [0.2, 0.25) is 4.82 Å². The number of nitrogens with one attached hydrogen (secondary N) is 1. The molecule has 0 aromatic heterocycles. The van der Waals surface area contributed by atoms with Crippen LogP contribution in [0.1, 0.15) is 25.3 Å². The second kappa shape index (κ2) is 10.8. The molecule has 29 heavy (non-hydrogen) atoms. The molecule has 0 spiro atoms. The van der Waals surface area contributed by atoms with Gasteiger partial charge in [0, 0.05) is 0 Å². The Bertz CT molecular complexity index is 825. The number of carbonyl (C=O) groups excluding carboxylic acids is 2. The minimum absolute atomic E-state index is 0.131. The number of alkyl carbamates (subject to hydrolysis) is 1. The molecule has 6 heteroatoms. The molecule has 1 aliphatic rings. The summed E-state index contributed by atoms with van der Waals surface area (Å²) in [4.78, 5) is 24.1. The third kappa shape index (κ3) is 7.41. The summed E-state index contributed by atoms with van der Waals surface area (Å²) in [6.07, 6.45) is 4.60. The number of hydrogen-bond acceptors (Lipinski definition) is 4. The number of ether oxygens (including phenoxy) is 2. The van der Waals surface area contributed by atoms with Gasteiger partial charge < -0.3 is 0 Å². The molecule has 3 rings (SSSR count). The Morgan fingerprint density at radius 3 is 2.38 bits per heavy atom. The average molecular weight is 458 g/mol. The Morgan fingerprint density at radius 1 is 1.00 bits per heavy atom. The molecule has 0 radical (unpaired) electrons. The van der Waals surface area contributed by atoms with Crippen molar-refractivity contribution in [3.8, 4) is 0 Å². The van der Waals surface area contributed by atoms with Gasteiger partial charge in [0.25, 0.3) is 0 Å². The number of carbonyl (C=O) groups is 2. The Balaban J connectivity index is 1.61. The molecule has 1 amide bonds. The van der Waals surface area contributed by atoms with E-state index in [2.05, 4.69) is 23.5 Å². The molecule has 152 valence electrons. The van der Waals surface area contributed by atoms with Gasteiger partial charge in [-0.1, -0.05) is 0 Å². The summed E-state index contributed by atoms with van der Waals surface area (Å²) in [5, 5.41) is 2.97. The Labute approximate surface area is 177 Å². The number of benzene rings is 2. The first kappa shape index (κ1) is 21.2. The van der Waals surface area contributed by atoms with Gasteiger partial charge in [-0.15, -0.1) is 0 Å². The molecule has 1 N–H and O–H groups in total. The number of amides is 1. The number of allylic oxidation sites excluding steroid dienone is 1. The van der Waals surface area contributed by atoms with E-state index in [0.29, 0.717) is 11.2 Å². The Hall–Kier alpha value is -2.56. The van der Waals surface area contributed by atoms with E-state index in [9.17, 15) is 9.59 Å². The average Bonchev–Trinajstić information content (AvgIpc) is 2.89. The number of hydrogen-bond donors (Lipinski definition) is 1. The quantitative estimate of drug-likeness (QED) is 0.410. The first-order valence-corrected chi connectivity index (χ1v) is 11.5. The zero-order valence-corrected chi connectivity index (χ0v) is 18.0. The minimum atomic E-state index is -0.451. The van der Waals surface area contributed by atoms with E-state index in [1.807, 2.05) is 54.6 Å². The van der Waals surface area contributed by atoms with Crippen LogP contribution in [0, 0.1) is 0 Å². The molecule has 0 saturated carbocycles. The first-order chi connectivity index (χ1) is 14.1. The molecular weight excluding hydrogens is 433 g/mol. The van der Waals surface area contributed by atoms with E-state index < -0.39 is 6.09 Å². The van der Waals surface area contributed by atoms with E-state index in [1.54, 1.807) is 0 Å². The van der Waals surface area contributed by atoms with Gasteiger partial charge in [-0.2, -0.15) is 0 Å². The normalized spacial score (nSPS) is 21.1. The molecule has 0 unspecified atom stereocenters. The molecule has 2 aromatic carbocycles. The Morgan fingerprint density at radius 2 is 1.69 bits per heavy atom. The van der Waals surface area contributed by atoms with Gasteiger partial charge in [-0.05, 0) is 0 Å². The third-order valence-corrected chi connectivity index (χ3v) is 6.97. The molecule has 1 aliphatic carbocycles. The van der Waals surface area contributed by atoms with Crippen LogP contribution in [0.4, 0.5) is 4.79 Å². The predicted molar refractivity (Wildman–Crippen MR) is 113 cm³/mol. The van der Waals surface area contributed by atoms with Gasteiger partial charge in [0.15, 0.2) is 0 Å². The van der Waals surface area contributed by atoms with Crippen molar-refractivity contribution in [1.29, 1.82) is 0 Å². The van der Waals surface area contributed by atoms with E-state index >= 15 is 0 Å². The van der Waals surface area contributed by atoms with Crippen molar-refractivity contribution in [1.82, 2.24) is 5.32 Å². The van der Waals surface area contributed by atoms with Crippen LogP contribution in [0.25, 0.3) is 0 Å². The second-order valence-electron chi connectivity index (χ2n) is 6.88. The molecule has 0 heterocycles. The summed E-state index contributed by atoms with van der Waals surface area (Å²) in [7, 11) is 0. The van der Waals surface area contributed by atoms with Crippen LogP contribution in [0.3, 0.4) is 0 Å². The van der Waals surface area contributed by atoms with Crippen LogP contribution in [-0.4, -0.2) is 39.2 Å². The van der Waals surface area contributed by atoms with Gasteiger partial charge in [-0.3, -0.25) is 0 Å². The van der Waals surface area contributed by atoms with Crippen LogP contribution >= 0.6 is 0 Å². The van der Waals surface area contributed by atoms with Crippen molar-refractivity contribution >= 4 is 31.5 Å². The summed E-state index contributed by atoms with van der Waals surface area (Å²) in [6, 6.07) is 19.8. The Kier molecular flexibility index (Phi) is 7.91. The molecule has 5 nitrogen and oxygen atoms in total. The fraction of sp³-hybridized carbons (Fsp3) is 0.304. The topological polar surface area (TPSA) is 64.6 Å². The maximum atomic E-state index is 12.3. The summed E-state index contributed by atoms with van der Waals surface area (Å²) >= 11 is 0.219. The van der Waals surface area contributed by atoms with Gasteiger partial charge in [-0.25, -0.2) is 0 Å². The summed E-state index contributed by atoms with van der Waals surface area (Å²) in [5.74, 6) is -0.322. The molecule has 2 aromatic rings. The van der Waals surface area contributed by atoms with Crippen LogP contribution < -0.4 is 9.78 Å². The van der Waals surface area contributed by atoms with Crippen molar-refractivity contribution < 1.29 is 19.1 Å². The standard InChI is InChI=1S/C23H25NO4Se/c1-17(25)28-20-12-13-22(29-21-10-6-3-7-11-21)15-19(14-20)24-23(26)27-16-18-8-4-2-5-9-18/h2-13,19-20,22H,14-16H2,1H3,(H,24,26)/t19-,20-,22-/m1/s1. The van der Waals surface area contributed by atoms with E-state index in [0.717, 1.165) is 12.0 Å². The monoisotopic (exact) mass is 459 g/mol. The molecule has 3 atom stereocenters. The maximum absolute atomic E-state index is 12.3. The SMILES string of the molecule is CC(=O)O[C@@H]1C=C[C@@H]([Se]c2ccccc2)C[C@H](NC(=O)OCc2ccccc2)C1. The van der Waals surface area contributed by atoms with Crippen LogP contribution in [-0.2, 0) is 20.9 Å². The van der Waals surface area contributed by atoms with Gasteiger partial charge in [0.1, 0.15) is 0 Å². The third-order valence-electron chi connectivity index (χ3n) is 4.46. The zero-order valence-electron chi connectivity index (χ0n) is 16.3. The first-order valence-electron chi connectivity index (χ1n) is 9.63. The van der Waals surface area contributed by atoms with E-state index in [-0.39, 0.29) is 39.7 Å². The van der Waals surface area contributed by atoms with Crippen LogP contribution in [0.15, 0.2) is 72.8 Å². The fourth-order valence-corrected chi connectivity index (χ4v) is 5.61. The van der Waals surface area contributed by atoms with E-state index in [1.165, 1.54) is 11.4 Å². The zero-order chi connectivity index (χ0) is 20.5. The number of rotatable bonds is 6. The van der Waals surface area contributed by atoms with Gasteiger partial charge in [0.2, 0.25) is 0 Å². The van der Waals surface area contributed by atoms with Crippen molar-refractivity contribution in [2.45, 2.75) is 43.3 Å². The van der Waals surface area contributed by atoms with Crippen molar-refractivity contribution in [2.75, 3.05) is 0 Å². The fourth-order valence-electron chi connectivity index (χ4n) is 3.17. The summed E-state index contributed by atoms with van der Waals surface area (Å²) < 4.78 is 12.1. The van der Waals surface area contributed by atoms with Crippen LogP contribution in [0.5, 0.6) is 0 Å². The van der Waals surface area contributed by atoms with Crippen molar-refractivity contribution in [2.24, 2.45) is 0 Å². The molecular formula is C23H25NO4Se. The van der Waals surface area contributed by atoms with E-state index in [4.69, 9.17) is 9.47 Å². The molecule has 0 saturated heterocycles. The molecule has 0 bridgehead atoms. The van der Waals surface area contributed by atoms with Crippen molar-refractivity contribution in [3.05, 3.63) is 78.4 Å². The predicted octanol–water partition coefficient (Wildman–Crippen LogP) is 3.38. The summed E-state index contributed by atoms with van der Waals surface area (Å²) in [6.45, 7) is 1.63. The molecule has 0 fully saturated rings. The van der Waals surface area contributed by atoms with Crippen molar-refractivity contribution in [3.63, 3.8) is 0 Å². The van der Waals surface area contributed by atoms with Gasteiger partial charge in [0.05, 0.1) is 0 Å². The number of esters is 1. The van der Waals surface area contributed by atoms with Gasteiger partial charge >= 0.3 is 178 Å². The second-order valence-corrected chi connectivity index (χ2v) is 9.63.